The molecule has 0 spiro atoms. The lowest BCUT2D eigenvalue weighted by molar-refractivity contribution is -0.144. The summed E-state index contributed by atoms with van der Waals surface area (Å²) in [7, 11) is 0. The van der Waals surface area contributed by atoms with E-state index in [0.717, 1.165) is 11.3 Å². The molecule has 0 heterocycles. The molecule has 0 saturated heterocycles. The summed E-state index contributed by atoms with van der Waals surface area (Å²) in [6.45, 7) is 6.86. The standard InChI is InChI=1S/C20H29NO4/c1-13(2)12-25-18-10-8-15(9-11-18)14(3)21-19(22)16-4-6-17(7-5-16)20(23)24/h8-11,13-14,16-17H,4-7,12H2,1-3H3,(H,21,22)(H,23,24). The SMILES string of the molecule is CC(C)COc1ccc(C(C)NC(=O)C2CCC(C(=O)O)CC2)cc1. The zero-order valence-electron chi connectivity index (χ0n) is 15.3. The molecule has 1 saturated carbocycles. The molecule has 2 N–H and O–H groups in total. The van der Waals surface area contributed by atoms with Crippen LogP contribution in [0.3, 0.4) is 0 Å². The van der Waals surface area contributed by atoms with Crippen molar-refractivity contribution in [1.82, 2.24) is 5.32 Å². The van der Waals surface area contributed by atoms with E-state index in [0.29, 0.717) is 38.2 Å². The fourth-order valence-corrected chi connectivity index (χ4v) is 3.13. The van der Waals surface area contributed by atoms with E-state index in [1.165, 1.54) is 0 Å². The molecule has 138 valence electrons. The van der Waals surface area contributed by atoms with Gasteiger partial charge in [0, 0.05) is 5.92 Å². The van der Waals surface area contributed by atoms with Gasteiger partial charge in [0.15, 0.2) is 0 Å². The summed E-state index contributed by atoms with van der Waals surface area (Å²) in [5.74, 6) is 0.229. The van der Waals surface area contributed by atoms with Gasteiger partial charge in [0.25, 0.3) is 0 Å². The van der Waals surface area contributed by atoms with E-state index in [2.05, 4.69) is 19.2 Å². The van der Waals surface area contributed by atoms with Gasteiger partial charge in [-0.05, 0) is 56.2 Å². The van der Waals surface area contributed by atoms with E-state index in [4.69, 9.17) is 9.84 Å². The van der Waals surface area contributed by atoms with Crippen molar-refractivity contribution in [3.63, 3.8) is 0 Å². The molecular formula is C20H29NO4. The highest BCUT2D eigenvalue weighted by Gasteiger charge is 2.30. The van der Waals surface area contributed by atoms with Crippen molar-refractivity contribution in [2.45, 2.75) is 52.5 Å². The summed E-state index contributed by atoms with van der Waals surface area (Å²) in [5.41, 5.74) is 1.03. The number of hydrogen-bond acceptors (Lipinski definition) is 3. The third kappa shape index (κ3) is 5.76. The van der Waals surface area contributed by atoms with Crippen LogP contribution in [-0.2, 0) is 9.59 Å². The van der Waals surface area contributed by atoms with Crippen molar-refractivity contribution < 1.29 is 19.4 Å². The number of carbonyl (C=O) groups is 2. The second kappa shape index (κ2) is 8.88. The third-order valence-corrected chi connectivity index (χ3v) is 4.77. The molecule has 0 aromatic heterocycles. The summed E-state index contributed by atoms with van der Waals surface area (Å²) in [5, 5.41) is 12.1. The lowest BCUT2D eigenvalue weighted by Gasteiger charge is -2.26. The van der Waals surface area contributed by atoms with Crippen LogP contribution in [-0.4, -0.2) is 23.6 Å². The van der Waals surface area contributed by atoms with Crippen molar-refractivity contribution in [3.8, 4) is 5.75 Å². The minimum atomic E-state index is -0.744. The molecule has 0 radical (unpaired) electrons. The molecule has 1 aromatic rings. The van der Waals surface area contributed by atoms with Crippen LogP contribution in [0.5, 0.6) is 5.75 Å². The normalized spacial score (nSPS) is 21.6. The Bertz CT molecular complexity index is 574. The number of nitrogens with one attached hydrogen (secondary N) is 1. The molecule has 1 amide bonds. The topological polar surface area (TPSA) is 75.6 Å². The van der Waals surface area contributed by atoms with Gasteiger partial charge in [-0.25, -0.2) is 0 Å². The van der Waals surface area contributed by atoms with Gasteiger partial charge in [-0.1, -0.05) is 26.0 Å². The number of aliphatic carboxylic acids is 1. The van der Waals surface area contributed by atoms with Gasteiger partial charge in [0.2, 0.25) is 5.91 Å². The molecule has 1 unspecified atom stereocenters. The Kier molecular flexibility index (Phi) is 6.85. The van der Waals surface area contributed by atoms with Gasteiger partial charge in [-0.2, -0.15) is 0 Å². The Labute approximate surface area is 149 Å². The third-order valence-electron chi connectivity index (χ3n) is 4.77. The van der Waals surface area contributed by atoms with Gasteiger partial charge in [-0.15, -0.1) is 0 Å². The lowest BCUT2D eigenvalue weighted by atomic mass is 9.81. The molecular weight excluding hydrogens is 318 g/mol. The number of rotatable bonds is 7. The maximum Gasteiger partial charge on any atom is 0.306 e. The Hall–Kier alpha value is -2.04. The monoisotopic (exact) mass is 347 g/mol. The van der Waals surface area contributed by atoms with Crippen LogP contribution < -0.4 is 10.1 Å². The molecule has 0 aliphatic heterocycles. The minimum Gasteiger partial charge on any atom is -0.493 e. The summed E-state index contributed by atoms with van der Waals surface area (Å²) < 4.78 is 5.67. The van der Waals surface area contributed by atoms with Gasteiger partial charge >= 0.3 is 5.97 Å². The molecule has 1 aliphatic rings. The van der Waals surface area contributed by atoms with Crippen LogP contribution in [0.1, 0.15) is 58.1 Å². The fraction of sp³-hybridized carbons (Fsp3) is 0.600. The van der Waals surface area contributed by atoms with Gasteiger partial charge in [0.05, 0.1) is 18.6 Å². The van der Waals surface area contributed by atoms with Gasteiger partial charge in [0.1, 0.15) is 5.75 Å². The van der Waals surface area contributed by atoms with Crippen molar-refractivity contribution in [2.24, 2.45) is 17.8 Å². The van der Waals surface area contributed by atoms with Crippen LogP contribution in [0.2, 0.25) is 0 Å². The largest absolute Gasteiger partial charge is 0.493 e. The number of hydrogen-bond donors (Lipinski definition) is 2. The summed E-state index contributed by atoms with van der Waals surface area (Å²) in [4.78, 5) is 23.4. The zero-order valence-corrected chi connectivity index (χ0v) is 15.3. The summed E-state index contributed by atoms with van der Waals surface area (Å²) in [6.07, 6.45) is 2.47. The Morgan fingerprint density at radius 3 is 2.16 bits per heavy atom. The van der Waals surface area contributed by atoms with Crippen LogP contribution in [0.15, 0.2) is 24.3 Å². The van der Waals surface area contributed by atoms with Gasteiger partial charge in [-0.3, -0.25) is 9.59 Å². The zero-order chi connectivity index (χ0) is 18.4. The van der Waals surface area contributed by atoms with E-state index >= 15 is 0 Å². The number of benzene rings is 1. The molecule has 25 heavy (non-hydrogen) atoms. The lowest BCUT2D eigenvalue weighted by Crippen LogP contribution is -2.35. The molecule has 5 nitrogen and oxygen atoms in total. The quantitative estimate of drug-likeness (QED) is 0.787. The number of amides is 1. The minimum absolute atomic E-state index is 0.0245. The van der Waals surface area contributed by atoms with Crippen molar-refractivity contribution >= 4 is 11.9 Å². The number of carboxylic acids is 1. The van der Waals surface area contributed by atoms with E-state index in [-0.39, 0.29) is 23.8 Å². The molecule has 2 rings (SSSR count). The molecule has 1 atom stereocenters. The van der Waals surface area contributed by atoms with Gasteiger partial charge < -0.3 is 15.2 Å². The highest BCUT2D eigenvalue weighted by molar-refractivity contribution is 5.79. The second-order valence-electron chi connectivity index (χ2n) is 7.39. The summed E-state index contributed by atoms with van der Waals surface area (Å²) >= 11 is 0. The smallest absolute Gasteiger partial charge is 0.306 e. The second-order valence-corrected chi connectivity index (χ2v) is 7.39. The Morgan fingerprint density at radius 1 is 1.08 bits per heavy atom. The van der Waals surface area contributed by atoms with Crippen molar-refractivity contribution in [1.29, 1.82) is 0 Å². The molecule has 1 aliphatic carbocycles. The van der Waals surface area contributed by atoms with Crippen molar-refractivity contribution in [2.75, 3.05) is 6.61 Å². The molecule has 0 bridgehead atoms. The van der Waals surface area contributed by atoms with Crippen LogP contribution in [0.25, 0.3) is 0 Å². The van der Waals surface area contributed by atoms with E-state index in [1.807, 2.05) is 31.2 Å². The molecule has 5 heteroatoms. The number of carbonyl (C=O) groups excluding carboxylic acids is 1. The number of carboxylic acid groups (broad SMARTS) is 1. The van der Waals surface area contributed by atoms with Crippen LogP contribution in [0, 0.1) is 17.8 Å². The van der Waals surface area contributed by atoms with E-state index < -0.39 is 5.97 Å². The van der Waals surface area contributed by atoms with E-state index in [9.17, 15) is 9.59 Å². The maximum atomic E-state index is 12.4. The first kappa shape index (κ1) is 19.3. The predicted octanol–water partition coefficient (Wildman–Crippen LogP) is 3.79. The maximum absolute atomic E-state index is 12.4. The first-order chi connectivity index (χ1) is 11.9. The Morgan fingerprint density at radius 2 is 1.64 bits per heavy atom. The van der Waals surface area contributed by atoms with E-state index in [1.54, 1.807) is 0 Å². The average Bonchev–Trinajstić information content (AvgIpc) is 2.60. The predicted molar refractivity (Wildman–Crippen MR) is 96.4 cm³/mol. The van der Waals surface area contributed by atoms with Crippen LogP contribution >= 0.6 is 0 Å². The highest BCUT2D eigenvalue weighted by Crippen LogP contribution is 2.29. The first-order valence-corrected chi connectivity index (χ1v) is 9.12. The number of ether oxygens (including phenoxy) is 1. The summed E-state index contributed by atoms with van der Waals surface area (Å²) in [6, 6.07) is 7.73. The average molecular weight is 347 g/mol. The van der Waals surface area contributed by atoms with Crippen molar-refractivity contribution in [3.05, 3.63) is 29.8 Å². The Balaban J connectivity index is 1.83. The van der Waals surface area contributed by atoms with Crippen LogP contribution in [0.4, 0.5) is 0 Å². The molecule has 1 fully saturated rings. The fourth-order valence-electron chi connectivity index (χ4n) is 3.13. The highest BCUT2D eigenvalue weighted by atomic mass is 16.5. The first-order valence-electron chi connectivity index (χ1n) is 9.12. The molecule has 1 aromatic carbocycles.